The van der Waals surface area contributed by atoms with Gasteiger partial charge in [-0.05, 0) is 48.5 Å². The number of hydrogen-bond acceptors (Lipinski definition) is 4. The molecule has 0 bridgehead atoms. The van der Waals surface area contributed by atoms with Crippen molar-refractivity contribution in [1.82, 2.24) is 10.3 Å². The first-order chi connectivity index (χ1) is 14.6. The number of halogens is 1. The van der Waals surface area contributed by atoms with Crippen LogP contribution in [0.2, 0.25) is 0 Å². The molecule has 7 nitrogen and oxygen atoms in total. The summed E-state index contributed by atoms with van der Waals surface area (Å²) >= 11 is 0. The van der Waals surface area contributed by atoms with Gasteiger partial charge in [-0.2, -0.15) is 0 Å². The first-order valence-corrected chi connectivity index (χ1v) is 9.10. The second-order valence-corrected chi connectivity index (χ2v) is 6.16. The van der Waals surface area contributed by atoms with Gasteiger partial charge in [-0.25, -0.2) is 14.2 Å². The first kappa shape index (κ1) is 20.5. The van der Waals surface area contributed by atoms with Crippen LogP contribution in [-0.2, 0) is 0 Å². The Morgan fingerprint density at radius 1 is 0.967 bits per heavy atom. The number of carbonyl (C=O) groups is 2. The highest BCUT2D eigenvalue weighted by molar-refractivity contribution is 6.07. The van der Waals surface area contributed by atoms with Crippen molar-refractivity contribution in [2.75, 3.05) is 22.5 Å². The summed E-state index contributed by atoms with van der Waals surface area (Å²) in [6, 6.07) is 15.6. The molecule has 0 aliphatic carbocycles. The number of nitrogens with zero attached hydrogens (tertiary/aromatic N) is 1. The smallest absolute Gasteiger partial charge is 0.319 e. The molecule has 8 heteroatoms. The Labute approximate surface area is 173 Å². The van der Waals surface area contributed by atoms with Crippen LogP contribution in [0.15, 0.2) is 79.5 Å². The maximum absolute atomic E-state index is 13.9. The summed E-state index contributed by atoms with van der Waals surface area (Å²) in [7, 11) is 0. The molecule has 0 unspecified atom stereocenters. The number of urea groups is 1. The molecule has 0 aliphatic heterocycles. The zero-order chi connectivity index (χ0) is 21.3. The summed E-state index contributed by atoms with van der Waals surface area (Å²) in [5.74, 6) is -0.627. The van der Waals surface area contributed by atoms with E-state index in [-0.39, 0.29) is 23.1 Å². The number of rotatable bonds is 7. The van der Waals surface area contributed by atoms with E-state index in [9.17, 15) is 14.0 Å². The molecule has 1 aromatic heterocycles. The Balaban J connectivity index is 1.68. The Bertz CT molecular complexity index is 1050. The van der Waals surface area contributed by atoms with Crippen LogP contribution in [0.3, 0.4) is 0 Å². The van der Waals surface area contributed by atoms with Gasteiger partial charge in [0, 0.05) is 24.1 Å². The van der Waals surface area contributed by atoms with Crippen molar-refractivity contribution in [3.8, 4) is 0 Å². The molecule has 3 aromatic rings. The minimum Gasteiger partial charge on any atom is -0.337 e. The van der Waals surface area contributed by atoms with Crippen molar-refractivity contribution in [3.63, 3.8) is 0 Å². The monoisotopic (exact) mass is 405 g/mol. The number of para-hydroxylation sites is 1. The predicted molar refractivity (Wildman–Crippen MR) is 116 cm³/mol. The van der Waals surface area contributed by atoms with E-state index in [1.807, 2.05) is 0 Å². The van der Waals surface area contributed by atoms with Crippen LogP contribution in [0.5, 0.6) is 0 Å². The summed E-state index contributed by atoms with van der Waals surface area (Å²) in [5.41, 5.74) is 1.57. The van der Waals surface area contributed by atoms with Crippen LogP contribution in [0.25, 0.3) is 0 Å². The Kier molecular flexibility index (Phi) is 6.73. The standard InChI is InChI=1S/C22H20FN5O2/c1-2-13-25-22(30)27-16-11-9-15(10-12-16)26-21(29)17-6-5-14-24-20(17)28-19-8-4-3-7-18(19)23/h2-12,14H,1,13H2,(H,24,28)(H,26,29)(H2,25,27,30). The van der Waals surface area contributed by atoms with Gasteiger partial charge in [-0.15, -0.1) is 6.58 Å². The van der Waals surface area contributed by atoms with Crippen LogP contribution in [-0.4, -0.2) is 23.5 Å². The second-order valence-electron chi connectivity index (χ2n) is 6.16. The third kappa shape index (κ3) is 5.41. The fraction of sp³-hybridized carbons (Fsp3) is 0.0455. The lowest BCUT2D eigenvalue weighted by Gasteiger charge is -2.12. The lowest BCUT2D eigenvalue weighted by Crippen LogP contribution is -2.28. The summed E-state index contributed by atoms with van der Waals surface area (Å²) in [6.45, 7) is 3.88. The zero-order valence-corrected chi connectivity index (χ0v) is 16.0. The maximum atomic E-state index is 13.9. The number of nitrogens with one attached hydrogen (secondary N) is 4. The van der Waals surface area contributed by atoms with Gasteiger partial charge in [0.2, 0.25) is 0 Å². The van der Waals surface area contributed by atoms with Crippen LogP contribution in [0.1, 0.15) is 10.4 Å². The number of benzene rings is 2. The van der Waals surface area contributed by atoms with E-state index in [1.54, 1.807) is 60.7 Å². The van der Waals surface area contributed by atoms with Crippen LogP contribution < -0.4 is 21.3 Å². The van der Waals surface area contributed by atoms with E-state index >= 15 is 0 Å². The molecule has 0 spiro atoms. The maximum Gasteiger partial charge on any atom is 0.319 e. The molecule has 1 heterocycles. The molecule has 152 valence electrons. The molecule has 3 rings (SSSR count). The Hall–Kier alpha value is -4.20. The first-order valence-electron chi connectivity index (χ1n) is 9.10. The fourth-order valence-electron chi connectivity index (χ4n) is 2.55. The second kappa shape index (κ2) is 9.83. The largest absolute Gasteiger partial charge is 0.337 e. The number of hydrogen-bond donors (Lipinski definition) is 4. The van der Waals surface area contributed by atoms with Crippen molar-refractivity contribution in [3.05, 3.63) is 90.9 Å². The zero-order valence-electron chi connectivity index (χ0n) is 16.0. The number of carbonyl (C=O) groups excluding carboxylic acids is 2. The Morgan fingerprint density at radius 3 is 2.37 bits per heavy atom. The van der Waals surface area contributed by atoms with E-state index in [4.69, 9.17) is 0 Å². The van der Waals surface area contributed by atoms with E-state index < -0.39 is 11.7 Å². The van der Waals surface area contributed by atoms with Crippen LogP contribution >= 0.6 is 0 Å². The van der Waals surface area contributed by atoms with Crippen LogP contribution in [0, 0.1) is 5.82 Å². The summed E-state index contributed by atoms with van der Waals surface area (Å²) in [5, 5.41) is 10.9. The van der Waals surface area contributed by atoms with Crippen molar-refractivity contribution < 1.29 is 14.0 Å². The summed E-state index contributed by atoms with van der Waals surface area (Å²) in [4.78, 5) is 28.5. The molecule has 3 amide bonds. The van der Waals surface area contributed by atoms with Gasteiger partial charge >= 0.3 is 6.03 Å². The molecule has 0 aliphatic rings. The van der Waals surface area contributed by atoms with Crippen molar-refractivity contribution in [2.24, 2.45) is 0 Å². The van der Waals surface area contributed by atoms with Crippen molar-refractivity contribution >= 4 is 34.8 Å². The highest BCUT2D eigenvalue weighted by Gasteiger charge is 2.14. The fourth-order valence-corrected chi connectivity index (χ4v) is 2.55. The Morgan fingerprint density at radius 2 is 1.67 bits per heavy atom. The number of pyridine rings is 1. The third-order valence-corrected chi connectivity index (χ3v) is 3.99. The molecular formula is C22H20FN5O2. The van der Waals surface area contributed by atoms with Gasteiger partial charge in [-0.3, -0.25) is 4.79 Å². The number of anilines is 4. The van der Waals surface area contributed by atoms with E-state index in [0.29, 0.717) is 17.9 Å². The number of aromatic nitrogens is 1. The molecule has 0 atom stereocenters. The summed E-state index contributed by atoms with van der Waals surface area (Å²) in [6.07, 6.45) is 3.09. The number of amides is 3. The normalized spacial score (nSPS) is 10.0. The van der Waals surface area contributed by atoms with Crippen molar-refractivity contribution in [1.29, 1.82) is 0 Å². The van der Waals surface area contributed by atoms with Crippen LogP contribution in [0.4, 0.5) is 32.1 Å². The molecule has 0 fully saturated rings. The SMILES string of the molecule is C=CCNC(=O)Nc1ccc(NC(=O)c2cccnc2Nc2ccccc2F)cc1. The van der Waals surface area contributed by atoms with E-state index in [0.717, 1.165) is 0 Å². The average molecular weight is 405 g/mol. The molecule has 4 N–H and O–H groups in total. The molecule has 0 saturated carbocycles. The molecule has 2 aromatic carbocycles. The predicted octanol–water partition coefficient (Wildman–Crippen LogP) is 4.52. The average Bonchev–Trinajstić information content (AvgIpc) is 2.75. The summed E-state index contributed by atoms with van der Waals surface area (Å²) < 4.78 is 13.9. The molecule has 0 radical (unpaired) electrons. The quantitative estimate of drug-likeness (QED) is 0.435. The van der Waals surface area contributed by atoms with Gasteiger partial charge in [0.25, 0.3) is 5.91 Å². The lowest BCUT2D eigenvalue weighted by molar-refractivity contribution is 0.102. The topological polar surface area (TPSA) is 95.2 Å². The van der Waals surface area contributed by atoms with Crippen molar-refractivity contribution in [2.45, 2.75) is 0 Å². The van der Waals surface area contributed by atoms with Gasteiger partial charge in [-0.1, -0.05) is 18.2 Å². The molecule has 0 saturated heterocycles. The van der Waals surface area contributed by atoms with Gasteiger partial charge in [0.1, 0.15) is 11.6 Å². The third-order valence-electron chi connectivity index (χ3n) is 3.99. The van der Waals surface area contributed by atoms with Gasteiger partial charge < -0.3 is 21.3 Å². The minimum atomic E-state index is -0.449. The highest BCUT2D eigenvalue weighted by atomic mass is 19.1. The van der Waals surface area contributed by atoms with Gasteiger partial charge in [0.05, 0.1) is 11.3 Å². The van der Waals surface area contributed by atoms with E-state index in [1.165, 1.54) is 12.3 Å². The molecule has 30 heavy (non-hydrogen) atoms. The molecular weight excluding hydrogens is 385 g/mol. The highest BCUT2D eigenvalue weighted by Crippen LogP contribution is 2.22. The minimum absolute atomic E-state index is 0.218. The lowest BCUT2D eigenvalue weighted by atomic mass is 10.2. The van der Waals surface area contributed by atoms with E-state index in [2.05, 4.69) is 32.8 Å². The van der Waals surface area contributed by atoms with Gasteiger partial charge in [0.15, 0.2) is 0 Å².